The second-order valence-corrected chi connectivity index (χ2v) is 7.07. The van der Waals surface area contributed by atoms with Gasteiger partial charge in [-0.3, -0.25) is 0 Å². The summed E-state index contributed by atoms with van der Waals surface area (Å²) < 4.78 is 2.01. The number of amides is 2. The van der Waals surface area contributed by atoms with Crippen LogP contribution in [0.5, 0.6) is 0 Å². The molecular formula is C23H22N4O. The Morgan fingerprint density at radius 3 is 2.39 bits per heavy atom. The molecule has 2 amide bonds. The molecule has 0 atom stereocenters. The van der Waals surface area contributed by atoms with Crippen LogP contribution in [0.2, 0.25) is 0 Å². The number of imidazole rings is 1. The molecule has 0 saturated carbocycles. The van der Waals surface area contributed by atoms with E-state index in [1.807, 2.05) is 73.1 Å². The number of anilines is 2. The Balaban J connectivity index is 1.47. The Hall–Kier alpha value is -3.60. The van der Waals surface area contributed by atoms with E-state index in [0.29, 0.717) is 0 Å². The van der Waals surface area contributed by atoms with Gasteiger partial charge in [0.25, 0.3) is 0 Å². The summed E-state index contributed by atoms with van der Waals surface area (Å²) in [4.78, 5) is 17.0. The summed E-state index contributed by atoms with van der Waals surface area (Å²) >= 11 is 0. The van der Waals surface area contributed by atoms with Gasteiger partial charge in [0.05, 0.1) is 5.69 Å². The fraction of sp³-hybridized carbons (Fsp3) is 0.130. The Bertz CT molecular complexity index is 1160. The minimum atomic E-state index is -0.261. The highest BCUT2D eigenvalue weighted by molar-refractivity contribution is 6.00. The van der Waals surface area contributed by atoms with E-state index in [1.54, 1.807) is 0 Å². The van der Waals surface area contributed by atoms with E-state index in [2.05, 4.69) is 34.7 Å². The molecule has 28 heavy (non-hydrogen) atoms. The monoisotopic (exact) mass is 370 g/mol. The number of carbonyl (C=O) groups excluding carboxylic acids is 1. The molecule has 0 spiro atoms. The van der Waals surface area contributed by atoms with Gasteiger partial charge in [-0.1, -0.05) is 29.8 Å². The lowest BCUT2D eigenvalue weighted by atomic mass is 10.1. The van der Waals surface area contributed by atoms with E-state index in [4.69, 9.17) is 0 Å². The fourth-order valence-electron chi connectivity index (χ4n) is 3.19. The summed E-state index contributed by atoms with van der Waals surface area (Å²) in [6, 6.07) is 17.5. The zero-order valence-corrected chi connectivity index (χ0v) is 16.2. The number of urea groups is 1. The van der Waals surface area contributed by atoms with E-state index in [-0.39, 0.29) is 6.03 Å². The molecule has 0 fully saturated rings. The van der Waals surface area contributed by atoms with E-state index in [0.717, 1.165) is 33.8 Å². The van der Waals surface area contributed by atoms with E-state index in [9.17, 15) is 4.79 Å². The molecule has 0 bridgehead atoms. The number of aryl methyl sites for hydroxylation is 3. The van der Waals surface area contributed by atoms with Gasteiger partial charge >= 0.3 is 6.03 Å². The van der Waals surface area contributed by atoms with Gasteiger partial charge in [0.2, 0.25) is 0 Å². The molecule has 4 aromatic rings. The number of nitrogens with one attached hydrogen (secondary N) is 2. The van der Waals surface area contributed by atoms with Crippen molar-refractivity contribution >= 4 is 23.1 Å². The van der Waals surface area contributed by atoms with Crippen LogP contribution in [0.1, 0.15) is 16.7 Å². The lowest BCUT2D eigenvalue weighted by molar-refractivity contribution is 0.262. The number of aromatic nitrogens is 2. The molecule has 0 aliphatic rings. The third-order valence-corrected chi connectivity index (χ3v) is 4.68. The zero-order chi connectivity index (χ0) is 19.7. The molecule has 0 saturated heterocycles. The molecule has 2 heterocycles. The Morgan fingerprint density at radius 2 is 1.64 bits per heavy atom. The molecule has 0 aliphatic carbocycles. The van der Waals surface area contributed by atoms with Gasteiger partial charge in [-0.25, -0.2) is 9.78 Å². The molecular weight excluding hydrogens is 348 g/mol. The number of hydrogen-bond donors (Lipinski definition) is 2. The van der Waals surface area contributed by atoms with Crippen LogP contribution in [-0.2, 0) is 0 Å². The van der Waals surface area contributed by atoms with Gasteiger partial charge in [-0.05, 0) is 62.2 Å². The average molecular weight is 370 g/mol. The van der Waals surface area contributed by atoms with Gasteiger partial charge in [-0.2, -0.15) is 0 Å². The fourth-order valence-corrected chi connectivity index (χ4v) is 3.19. The van der Waals surface area contributed by atoms with Crippen molar-refractivity contribution in [3.63, 3.8) is 0 Å². The molecule has 0 aliphatic heterocycles. The normalized spacial score (nSPS) is 10.8. The van der Waals surface area contributed by atoms with Gasteiger partial charge in [0.1, 0.15) is 5.65 Å². The second kappa shape index (κ2) is 7.19. The van der Waals surface area contributed by atoms with Crippen molar-refractivity contribution in [1.82, 2.24) is 9.38 Å². The third kappa shape index (κ3) is 3.74. The molecule has 2 N–H and O–H groups in total. The largest absolute Gasteiger partial charge is 0.323 e. The number of pyridine rings is 1. The molecule has 0 unspecified atom stereocenters. The second-order valence-electron chi connectivity index (χ2n) is 7.07. The van der Waals surface area contributed by atoms with Crippen molar-refractivity contribution in [1.29, 1.82) is 0 Å². The molecule has 5 heteroatoms. The zero-order valence-electron chi connectivity index (χ0n) is 16.2. The molecule has 4 rings (SSSR count). The van der Waals surface area contributed by atoms with Crippen molar-refractivity contribution < 1.29 is 4.79 Å². The maximum atomic E-state index is 12.3. The van der Waals surface area contributed by atoms with Gasteiger partial charge in [0.15, 0.2) is 0 Å². The van der Waals surface area contributed by atoms with Crippen molar-refractivity contribution in [2.45, 2.75) is 20.8 Å². The standard InChI is InChI=1S/C23H22N4O/c1-15-4-9-20(17(3)12-15)26-23(28)24-19-7-5-18(6-8-19)21-14-27-11-10-16(2)13-22(27)25-21/h4-14H,1-3H3,(H2,24,26,28). The van der Waals surface area contributed by atoms with Crippen molar-refractivity contribution in [2.75, 3.05) is 10.6 Å². The van der Waals surface area contributed by atoms with Crippen LogP contribution in [0.15, 0.2) is 67.0 Å². The smallest absolute Gasteiger partial charge is 0.308 e. The van der Waals surface area contributed by atoms with Gasteiger partial charge in [0, 0.05) is 29.3 Å². The molecule has 0 radical (unpaired) electrons. The summed E-state index contributed by atoms with van der Waals surface area (Å²) in [6.45, 7) is 6.06. The first-order valence-corrected chi connectivity index (χ1v) is 9.19. The Kier molecular flexibility index (Phi) is 4.57. The first kappa shape index (κ1) is 17.8. The Morgan fingerprint density at radius 1 is 0.893 bits per heavy atom. The molecule has 2 aromatic carbocycles. The number of carbonyl (C=O) groups is 1. The predicted molar refractivity (Wildman–Crippen MR) is 114 cm³/mol. The number of rotatable bonds is 3. The number of benzene rings is 2. The van der Waals surface area contributed by atoms with Crippen LogP contribution >= 0.6 is 0 Å². The van der Waals surface area contributed by atoms with Crippen LogP contribution in [0, 0.1) is 20.8 Å². The SMILES string of the molecule is Cc1ccc(NC(=O)Nc2ccc(-c3cn4ccc(C)cc4n3)cc2)c(C)c1. The maximum Gasteiger partial charge on any atom is 0.323 e. The minimum absolute atomic E-state index is 0.261. The van der Waals surface area contributed by atoms with Crippen molar-refractivity contribution in [3.8, 4) is 11.3 Å². The molecule has 140 valence electrons. The summed E-state index contributed by atoms with van der Waals surface area (Å²) in [5, 5.41) is 5.76. The number of nitrogens with zero attached hydrogens (tertiary/aromatic N) is 2. The topological polar surface area (TPSA) is 58.4 Å². The highest BCUT2D eigenvalue weighted by Gasteiger charge is 2.07. The lowest BCUT2D eigenvalue weighted by Crippen LogP contribution is -2.19. The van der Waals surface area contributed by atoms with Gasteiger partial charge < -0.3 is 15.0 Å². The first-order chi connectivity index (χ1) is 13.5. The van der Waals surface area contributed by atoms with Crippen LogP contribution in [-0.4, -0.2) is 15.4 Å². The van der Waals surface area contributed by atoms with Gasteiger partial charge in [-0.15, -0.1) is 0 Å². The van der Waals surface area contributed by atoms with E-state index >= 15 is 0 Å². The quantitative estimate of drug-likeness (QED) is 0.495. The van der Waals surface area contributed by atoms with Crippen LogP contribution < -0.4 is 10.6 Å². The highest BCUT2D eigenvalue weighted by atomic mass is 16.2. The van der Waals surface area contributed by atoms with E-state index < -0.39 is 0 Å². The average Bonchev–Trinajstić information content (AvgIpc) is 3.08. The van der Waals surface area contributed by atoms with Crippen molar-refractivity contribution in [3.05, 3.63) is 83.7 Å². The van der Waals surface area contributed by atoms with E-state index in [1.165, 1.54) is 11.1 Å². The maximum absolute atomic E-state index is 12.3. The summed E-state index contributed by atoms with van der Waals surface area (Å²) in [6.07, 6.45) is 4.01. The highest BCUT2D eigenvalue weighted by Crippen LogP contribution is 2.22. The summed E-state index contributed by atoms with van der Waals surface area (Å²) in [5.41, 5.74) is 7.74. The predicted octanol–water partition coefficient (Wildman–Crippen LogP) is 5.57. The molecule has 2 aromatic heterocycles. The number of hydrogen-bond acceptors (Lipinski definition) is 2. The van der Waals surface area contributed by atoms with Crippen LogP contribution in [0.25, 0.3) is 16.9 Å². The van der Waals surface area contributed by atoms with Crippen molar-refractivity contribution in [2.24, 2.45) is 0 Å². The third-order valence-electron chi connectivity index (χ3n) is 4.68. The van der Waals surface area contributed by atoms with Crippen LogP contribution in [0.4, 0.5) is 16.2 Å². The first-order valence-electron chi connectivity index (χ1n) is 9.19. The van der Waals surface area contributed by atoms with Crippen LogP contribution in [0.3, 0.4) is 0 Å². The Labute approximate surface area is 164 Å². The molecule has 5 nitrogen and oxygen atoms in total. The number of fused-ring (bicyclic) bond motifs is 1. The lowest BCUT2D eigenvalue weighted by Gasteiger charge is -2.10. The summed E-state index contributed by atoms with van der Waals surface area (Å²) in [5.74, 6) is 0. The summed E-state index contributed by atoms with van der Waals surface area (Å²) in [7, 11) is 0. The minimum Gasteiger partial charge on any atom is -0.308 e.